The third kappa shape index (κ3) is 3.86. The molecule has 0 aliphatic heterocycles. The maximum absolute atomic E-state index is 13.2. The summed E-state index contributed by atoms with van der Waals surface area (Å²) in [6, 6.07) is 0. The van der Waals surface area contributed by atoms with Crippen LogP contribution >= 0.6 is 0 Å². The lowest BCUT2D eigenvalue weighted by molar-refractivity contribution is -0.107. The molecule has 1 heterocycles. The second-order valence-electron chi connectivity index (χ2n) is 6.23. The molecule has 1 saturated carbocycles. The van der Waals surface area contributed by atoms with Crippen LogP contribution in [0.4, 0.5) is 14.6 Å². The van der Waals surface area contributed by atoms with Crippen LogP contribution in [0.5, 0.6) is 0 Å². The zero-order chi connectivity index (χ0) is 17.2. The normalized spacial score (nSPS) is 17.8. The zero-order valence-electron chi connectivity index (χ0n) is 13.6. The highest BCUT2D eigenvalue weighted by atomic mass is 19.3. The molecule has 0 spiro atoms. The van der Waals surface area contributed by atoms with E-state index in [1.54, 1.807) is 18.7 Å². The van der Waals surface area contributed by atoms with Gasteiger partial charge in [0.25, 0.3) is 5.91 Å². The fourth-order valence-electron chi connectivity index (χ4n) is 2.91. The van der Waals surface area contributed by atoms with E-state index in [-0.39, 0.29) is 30.5 Å². The Bertz CT molecular complexity index is 578. The first kappa shape index (κ1) is 17.4. The molecule has 0 unspecified atom stereocenters. The molecule has 1 aromatic heterocycles. The quantitative estimate of drug-likeness (QED) is 0.776. The van der Waals surface area contributed by atoms with Crippen LogP contribution < -0.4 is 4.90 Å². The van der Waals surface area contributed by atoms with Crippen LogP contribution in [0.2, 0.25) is 0 Å². The lowest BCUT2D eigenvalue weighted by Crippen LogP contribution is -2.36. The Balaban J connectivity index is 2.06. The van der Waals surface area contributed by atoms with E-state index in [4.69, 9.17) is 0 Å². The zero-order valence-corrected chi connectivity index (χ0v) is 13.6. The summed E-state index contributed by atoms with van der Waals surface area (Å²) < 4.78 is 28.0. The van der Waals surface area contributed by atoms with Gasteiger partial charge in [0.1, 0.15) is 0 Å². The molecule has 1 aliphatic rings. The first-order chi connectivity index (χ1) is 10.7. The summed E-state index contributed by atoms with van der Waals surface area (Å²) in [6.45, 7) is 0.421. The maximum atomic E-state index is 13.2. The molecule has 1 fully saturated rings. The Morgan fingerprint density at radius 2 is 2.04 bits per heavy atom. The van der Waals surface area contributed by atoms with E-state index in [0.29, 0.717) is 31.5 Å². The SMILES string of the molecule is CN(CC1CCC(F)(F)CC1)C(=O)c1c(N(C)C=O)ncn1C. The van der Waals surface area contributed by atoms with Gasteiger partial charge in [0.15, 0.2) is 11.5 Å². The minimum Gasteiger partial charge on any atom is -0.340 e. The van der Waals surface area contributed by atoms with Crippen molar-refractivity contribution >= 4 is 18.1 Å². The molecule has 1 aromatic rings. The Morgan fingerprint density at radius 1 is 1.43 bits per heavy atom. The van der Waals surface area contributed by atoms with Crippen molar-refractivity contribution in [1.29, 1.82) is 0 Å². The van der Waals surface area contributed by atoms with Crippen molar-refractivity contribution in [2.45, 2.75) is 31.6 Å². The predicted octanol–water partition coefficient (Wildman–Crippen LogP) is 1.91. The number of anilines is 1. The van der Waals surface area contributed by atoms with Crippen LogP contribution in [0.25, 0.3) is 0 Å². The van der Waals surface area contributed by atoms with Gasteiger partial charge in [-0.25, -0.2) is 13.8 Å². The van der Waals surface area contributed by atoms with Crippen molar-refractivity contribution < 1.29 is 18.4 Å². The van der Waals surface area contributed by atoms with E-state index < -0.39 is 5.92 Å². The molecule has 2 amide bonds. The number of carbonyl (C=O) groups excluding carboxylic acids is 2. The fraction of sp³-hybridized carbons (Fsp3) is 0.667. The molecular formula is C15H22F2N4O2. The van der Waals surface area contributed by atoms with Crippen LogP contribution in [0.15, 0.2) is 6.33 Å². The summed E-state index contributed by atoms with van der Waals surface area (Å²) in [7, 11) is 4.85. The van der Waals surface area contributed by atoms with Gasteiger partial charge < -0.3 is 14.4 Å². The number of nitrogens with zero attached hydrogens (tertiary/aromatic N) is 4. The number of rotatable bonds is 5. The van der Waals surface area contributed by atoms with Crippen LogP contribution in [0.1, 0.15) is 36.2 Å². The number of aromatic nitrogens is 2. The molecule has 0 radical (unpaired) electrons. The molecule has 6 nitrogen and oxygen atoms in total. The molecule has 0 aromatic carbocycles. The van der Waals surface area contributed by atoms with Crippen molar-refractivity contribution in [2.24, 2.45) is 13.0 Å². The van der Waals surface area contributed by atoms with E-state index >= 15 is 0 Å². The molecule has 2 rings (SSSR count). The van der Waals surface area contributed by atoms with Crippen molar-refractivity contribution in [3.8, 4) is 0 Å². The topological polar surface area (TPSA) is 58.4 Å². The Labute approximate surface area is 134 Å². The number of imidazole rings is 1. The first-order valence-corrected chi connectivity index (χ1v) is 7.58. The van der Waals surface area contributed by atoms with Gasteiger partial charge in [-0.2, -0.15) is 0 Å². The van der Waals surface area contributed by atoms with Crippen LogP contribution in [0.3, 0.4) is 0 Å². The molecular weight excluding hydrogens is 306 g/mol. The van der Waals surface area contributed by atoms with Gasteiger partial charge in [-0.15, -0.1) is 0 Å². The Hall–Kier alpha value is -1.99. The molecule has 23 heavy (non-hydrogen) atoms. The largest absolute Gasteiger partial charge is 0.340 e. The van der Waals surface area contributed by atoms with Crippen molar-refractivity contribution in [3.05, 3.63) is 12.0 Å². The minimum atomic E-state index is -2.57. The summed E-state index contributed by atoms with van der Waals surface area (Å²) in [5, 5.41) is 0. The van der Waals surface area contributed by atoms with Gasteiger partial charge in [-0.1, -0.05) is 0 Å². The average molecular weight is 328 g/mol. The molecule has 0 saturated heterocycles. The second-order valence-corrected chi connectivity index (χ2v) is 6.23. The van der Waals surface area contributed by atoms with E-state index in [0.717, 1.165) is 0 Å². The number of hydrogen-bond donors (Lipinski definition) is 0. The average Bonchev–Trinajstić information content (AvgIpc) is 2.89. The Morgan fingerprint density at radius 3 is 2.61 bits per heavy atom. The lowest BCUT2D eigenvalue weighted by atomic mass is 9.86. The third-order valence-electron chi connectivity index (χ3n) is 4.33. The highest BCUT2D eigenvalue weighted by molar-refractivity contribution is 5.99. The number of aryl methyl sites for hydroxylation is 1. The molecule has 0 N–H and O–H groups in total. The summed E-state index contributed by atoms with van der Waals surface area (Å²) in [6.07, 6.45) is 2.64. The maximum Gasteiger partial charge on any atom is 0.274 e. The van der Waals surface area contributed by atoms with Crippen LogP contribution in [-0.2, 0) is 11.8 Å². The summed E-state index contributed by atoms with van der Waals surface area (Å²) in [5.41, 5.74) is 0.309. The van der Waals surface area contributed by atoms with Crippen molar-refractivity contribution in [1.82, 2.24) is 14.5 Å². The predicted molar refractivity (Wildman–Crippen MR) is 81.5 cm³/mol. The van der Waals surface area contributed by atoms with E-state index in [2.05, 4.69) is 4.98 Å². The van der Waals surface area contributed by atoms with Gasteiger partial charge in [-0.3, -0.25) is 9.59 Å². The van der Waals surface area contributed by atoms with Gasteiger partial charge in [0, 0.05) is 40.5 Å². The highest BCUT2D eigenvalue weighted by Crippen LogP contribution is 2.36. The van der Waals surface area contributed by atoms with E-state index in [1.807, 2.05) is 0 Å². The number of carbonyl (C=O) groups is 2. The van der Waals surface area contributed by atoms with Crippen LogP contribution in [0, 0.1) is 5.92 Å². The molecule has 128 valence electrons. The second kappa shape index (κ2) is 6.64. The molecule has 8 heteroatoms. The van der Waals surface area contributed by atoms with E-state index in [1.165, 1.54) is 23.2 Å². The summed E-state index contributed by atoms with van der Waals surface area (Å²) >= 11 is 0. The molecule has 1 aliphatic carbocycles. The van der Waals surface area contributed by atoms with Gasteiger partial charge in [-0.05, 0) is 18.8 Å². The van der Waals surface area contributed by atoms with Crippen molar-refractivity contribution in [2.75, 3.05) is 25.5 Å². The number of hydrogen-bond acceptors (Lipinski definition) is 3. The highest BCUT2D eigenvalue weighted by Gasteiger charge is 2.35. The first-order valence-electron chi connectivity index (χ1n) is 7.58. The van der Waals surface area contributed by atoms with Gasteiger partial charge >= 0.3 is 0 Å². The number of amides is 2. The van der Waals surface area contributed by atoms with Gasteiger partial charge in [0.05, 0.1) is 6.33 Å². The lowest BCUT2D eigenvalue weighted by Gasteiger charge is -2.31. The van der Waals surface area contributed by atoms with Crippen LogP contribution in [-0.4, -0.2) is 53.3 Å². The molecule has 0 bridgehead atoms. The standard InChI is InChI=1S/C15H22F2N4O2/c1-19(8-11-4-6-15(16,17)7-5-11)14(23)12-13(21(3)10-22)18-9-20(12)2/h9-11H,4-8H2,1-3H3. The number of alkyl halides is 2. The van der Waals surface area contributed by atoms with E-state index in [9.17, 15) is 18.4 Å². The fourth-order valence-corrected chi connectivity index (χ4v) is 2.91. The summed E-state index contributed by atoms with van der Waals surface area (Å²) in [4.78, 5) is 30.4. The smallest absolute Gasteiger partial charge is 0.274 e. The minimum absolute atomic E-state index is 0.0732. The van der Waals surface area contributed by atoms with Gasteiger partial charge in [0.2, 0.25) is 12.3 Å². The van der Waals surface area contributed by atoms with Crippen molar-refractivity contribution in [3.63, 3.8) is 0 Å². The Kier molecular flexibility index (Phi) is 5.01. The third-order valence-corrected chi connectivity index (χ3v) is 4.33. The summed E-state index contributed by atoms with van der Waals surface area (Å²) in [5.74, 6) is -2.48. The monoisotopic (exact) mass is 328 g/mol. The number of halogens is 2. The molecule has 0 atom stereocenters.